The van der Waals surface area contributed by atoms with E-state index in [0.717, 1.165) is 13.0 Å². The van der Waals surface area contributed by atoms with Crippen molar-refractivity contribution in [2.45, 2.75) is 25.6 Å². The van der Waals surface area contributed by atoms with Gasteiger partial charge in [-0.1, -0.05) is 29.5 Å². The van der Waals surface area contributed by atoms with E-state index in [1.807, 2.05) is 39.2 Å². The molecule has 2 atom stereocenters. The standard InChI is InChI=1S/C22H24FN3O3S/c1-14-20(29-17-10-5-4-9-16(17)28-14)21(27)26(13-7-12-25(2)3)22-24-19-15(23)8-6-11-18(19)30-22/h4-6,8-11,14,20H,7,12-13H2,1-3H3. The molecule has 4 rings (SSSR count). The lowest BCUT2D eigenvalue weighted by molar-refractivity contribution is -0.130. The number of ether oxygens (including phenoxy) is 2. The second-order valence-electron chi connectivity index (χ2n) is 7.54. The van der Waals surface area contributed by atoms with Crippen LogP contribution in [0.1, 0.15) is 13.3 Å². The summed E-state index contributed by atoms with van der Waals surface area (Å²) in [7, 11) is 3.96. The Morgan fingerprint density at radius 2 is 1.83 bits per heavy atom. The number of para-hydroxylation sites is 3. The van der Waals surface area contributed by atoms with Crippen molar-refractivity contribution in [2.24, 2.45) is 0 Å². The number of anilines is 1. The van der Waals surface area contributed by atoms with Gasteiger partial charge in [0, 0.05) is 6.54 Å². The van der Waals surface area contributed by atoms with E-state index >= 15 is 0 Å². The van der Waals surface area contributed by atoms with Crippen LogP contribution in [-0.4, -0.2) is 55.2 Å². The molecule has 1 aliphatic heterocycles. The highest BCUT2D eigenvalue weighted by atomic mass is 32.1. The molecule has 1 amide bonds. The first kappa shape index (κ1) is 20.6. The number of amides is 1. The van der Waals surface area contributed by atoms with Gasteiger partial charge in [-0.25, -0.2) is 9.37 Å². The van der Waals surface area contributed by atoms with Gasteiger partial charge in [0.25, 0.3) is 5.91 Å². The summed E-state index contributed by atoms with van der Waals surface area (Å²) in [4.78, 5) is 21.6. The van der Waals surface area contributed by atoms with Gasteiger partial charge < -0.3 is 14.4 Å². The molecule has 2 aromatic carbocycles. The smallest absolute Gasteiger partial charge is 0.273 e. The number of carbonyl (C=O) groups excluding carboxylic acids is 1. The minimum Gasteiger partial charge on any atom is -0.482 e. The lowest BCUT2D eigenvalue weighted by Crippen LogP contribution is -2.51. The first-order valence-corrected chi connectivity index (χ1v) is 10.7. The fraction of sp³-hybridized carbons (Fsp3) is 0.364. The predicted octanol–water partition coefficient (Wildman–Crippen LogP) is 3.95. The van der Waals surface area contributed by atoms with Crippen LogP contribution in [0.15, 0.2) is 42.5 Å². The number of aromatic nitrogens is 1. The Kier molecular flexibility index (Phi) is 5.87. The zero-order chi connectivity index (χ0) is 21.3. The molecule has 158 valence electrons. The molecular weight excluding hydrogens is 405 g/mol. The Morgan fingerprint density at radius 3 is 2.53 bits per heavy atom. The SMILES string of the molecule is CC1Oc2ccccc2OC1C(=O)N(CCCN(C)C)c1nc2c(F)cccc2s1. The summed E-state index contributed by atoms with van der Waals surface area (Å²) in [6, 6.07) is 12.1. The third kappa shape index (κ3) is 4.11. The third-order valence-electron chi connectivity index (χ3n) is 4.93. The highest BCUT2D eigenvalue weighted by Gasteiger charge is 2.38. The normalized spacial score (nSPS) is 18.0. The number of benzene rings is 2. The van der Waals surface area contributed by atoms with E-state index in [0.29, 0.717) is 27.9 Å². The average Bonchev–Trinajstić information content (AvgIpc) is 3.15. The fourth-order valence-electron chi connectivity index (χ4n) is 3.41. The quantitative estimate of drug-likeness (QED) is 0.594. The van der Waals surface area contributed by atoms with Crippen LogP contribution in [-0.2, 0) is 4.79 Å². The maximum absolute atomic E-state index is 14.2. The predicted molar refractivity (Wildman–Crippen MR) is 116 cm³/mol. The topological polar surface area (TPSA) is 54.9 Å². The molecule has 0 saturated heterocycles. The Bertz CT molecular complexity index is 1060. The second-order valence-corrected chi connectivity index (χ2v) is 8.55. The van der Waals surface area contributed by atoms with Crippen LogP contribution in [0, 0.1) is 5.82 Å². The van der Waals surface area contributed by atoms with Gasteiger partial charge in [-0.2, -0.15) is 0 Å². The van der Waals surface area contributed by atoms with E-state index in [-0.39, 0.29) is 11.4 Å². The Balaban J connectivity index is 1.64. The number of rotatable bonds is 6. The van der Waals surface area contributed by atoms with Gasteiger partial charge in [0.05, 0.1) is 4.70 Å². The highest BCUT2D eigenvalue weighted by Crippen LogP contribution is 2.36. The van der Waals surface area contributed by atoms with Crippen LogP contribution >= 0.6 is 11.3 Å². The van der Waals surface area contributed by atoms with Crippen molar-refractivity contribution in [2.75, 3.05) is 32.1 Å². The second kappa shape index (κ2) is 8.57. The van der Waals surface area contributed by atoms with E-state index in [1.165, 1.54) is 17.4 Å². The number of carbonyl (C=O) groups is 1. The highest BCUT2D eigenvalue weighted by molar-refractivity contribution is 7.22. The molecule has 0 spiro atoms. The lowest BCUT2D eigenvalue weighted by atomic mass is 10.1. The van der Waals surface area contributed by atoms with E-state index in [1.54, 1.807) is 23.1 Å². The zero-order valence-electron chi connectivity index (χ0n) is 17.2. The Labute approximate surface area is 178 Å². The molecule has 0 radical (unpaired) electrons. The summed E-state index contributed by atoms with van der Waals surface area (Å²) in [6.07, 6.45) is -0.527. The number of fused-ring (bicyclic) bond motifs is 2. The molecule has 0 N–H and O–H groups in total. The van der Waals surface area contributed by atoms with Crippen molar-refractivity contribution in [3.8, 4) is 11.5 Å². The number of hydrogen-bond donors (Lipinski definition) is 0. The van der Waals surface area contributed by atoms with Crippen molar-refractivity contribution in [3.63, 3.8) is 0 Å². The van der Waals surface area contributed by atoms with Gasteiger partial charge >= 0.3 is 0 Å². The maximum atomic E-state index is 14.2. The van der Waals surface area contributed by atoms with Crippen molar-refractivity contribution in [1.29, 1.82) is 0 Å². The number of halogens is 1. The molecule has 1 aromatic heterocycles. The fourth-order valence-corrected chi connectivity index (χ4v) is 4.42. The van der Waals surface area contributed by atoms with Crippen LogP contribution < -0.4 is 14.4 Å². The molecule has 0 saturated carbocycles. The summed E-state index contributed by atoms with van der Waals surface area (Å²) in [5.74, 6) is 0.526. The molecule has 30 heavy (non-hydrogen) atoms. The van der Waals surface area contributed by atoms with E-state index < -0.39 is 18.0 Å². The van der Waals surface area contributed by atoms with Gasteiger partial charge in [0.1, 0.15) is 17.4 Å². The third-order valence-corrected chi connectivity index (χ3v) is 5.97. The van der Waals surface area contributed by atoms with Gasteiger partial charge in [-0.05, 0) is 58.3 Å². The van der Waals surface area contributed by atoms with Crippen LogP contribution in [0.3, 0.4) is 0 Å². The summed E-state index contributed by atoms with van der Waals surface area (Å²) in [5, 5.41) is 0.466. The van der Waals surface area contributed by atoms with E-state index in [4.69, 9.17) is 9.47 Å². The van der Waals surface area contributed by atoms with Crippen molar-refractivity contribution in [3.05, 3.63) is 48.3 Å². The van der Waals surface area contributed by atoms with Crippen molar-refractivity contribution < 1.29 is 18.7 Å². The molecule has 0 bridgehead atoms. The summed E-state index contributed by atoms with van der Waals surface area (Å²) in [6.45, 7) is 3.07. The molecule has 2 heterocycles. The number of hydrogen-bond acceptors (Lipinski definition) is 6. The molecular formula is C22H24FN3O3S. The van der Waals surface area contributed by atoms with Crippen LogP contribution in [0.25, 0.3) is 10.2 Å². The molecule has 3 aromatic rings. The van der Waals surface area contributed by atoms with Crippen LogP contribution in [0.2, 0.25) is 0 Å². The van der Waals surface area contributed by atoms with Crippen molar-refractivity contribution in [1.82, 2.24) is 9.88 Å². The largest absolute Gasteiger partial charge is 0.482 e. The summed E-state index contributed by atoms with van der Waals surface area (Å²) < 4.78 is 26.8. The Morgan fingerprint density at radius 1 is 1.10 bits per heavy atom. The van der Waals surface area contributed by atoms with Crippen LogP contribution in [0.5, 0.6) is 11.5 Å². The first-order chi connectivity index (χ1) is 14.4. The van der Waals surface area contributed by atoms with E-state index in [2.05, 4.69) is 9.88 Å². The summed E-state index contributed by atoms with van der Waals surface area (Å²) >= 11 is 1.30. The average molecular weight is 430 g/mol. The van der Waals surface area contributed by atoms with Gasteiger partial charge in [0.15, 0.2) is 16.6 Å². The van der Waals surface area contributed by atoms with Crippen LogP contribution in [0.4, 0.5) is 9.52 Å². The molecule has 0 aliphatic carbocycles. The Hall–Kier alpha value is -2.71. The number of thiazole rings is 1. The van der Waals surface area contributed by atoms with Gasteiger partial charge in [-0.15, -0.1) is 0 Å². The summed E-state index contributed by atoms with van der Waals surface area (Å²) in [5.41, 5.74) is 0.280. The number of nitrogens with zero attached hydrogens (tertiary/aromatic N) is 3. The molecule has 6 nitrogen and oxygen atoms in total. The zero-order valence-corrected chi connectivity index (χ0v) is 18.0. The lowest BCUT2D eigenvalue weighted by Gasteiger charge is -2.33. The minimum absolute atomic E-state index is 0.241. The minimum atomic E-state index is -0.809. The molecule has 0 fully saturated rings. The van der Waals surface area contributed by atoms with Gasteiger partial charge in [-0.3, -0.25) is 9.69 Å². The molecule has 2 unspecified atom stereocenters. The monoisotopic (exact) mass is 429 g/mol. The van der Waals surface area contributed by atoms with Gasteiger partial charge in [0.2, 0.25) is 6.10 Å². The molecule has 8 heteroatoms. The van der Waals surface area contributed by atoms with Crippen molar-refractivity contribution >= 4 is 32.6 Å². The van der Waals surface area contributed by atoms with E-state index in [9.17, 15) is 9.18 Å². The maximum Gasteiger partial charge on any atom is 0.273 e. The first-order valence-electron chi connectivity index (χ1n) is 9.87. The molecule has 1 aliphatic rings.